The van der Waals surface area contributed by atoms with Crippen molar-refractivity contribution in [2.24, 2.45) is 14.1 Å². The number of aromatic nitrogens is 5. The summed E-state index contributed by atoms with van der Waals surface area (Å²) in [5.74, 6) is 1.40. The molecule has 1 N–H and O–H groups in total. The van der Waals surface area contributed by atoms with Crippen molar-refractivity contribution in [3.8, 4) is 11.4 Å². The van der Waals surface area contributed by atoms with Gasteiger partial charge in [0.15, 0.2) is 5.82 Å². The number of hydrogen-bond donors (Lipinski definition) is 1. The van der Waals surface area contributed by atoms with Crippen LogP contribution in [0.1, 0.15) is 22.0 Å². The zero-order chi connectivity index (χ0) is 16.6. The van der Waals surface area contributed by atoms with E-state index in [9.17, 15) is 4.79 Å². The van der Waals surface area contributed by atoms with Crippen molar-refractivity contribution < 1.29 is 4.79 Å². The Hall–Kier alpha value is -2.96. The van der Waals surface area contributed by atoms with Crippen LogP contribution in [0.25, 0.3) is 11.4 Å². The molecule has 0 saturated carbocycles. The van der Waals surface area contributed by atoms with Crippen molar-refractivity contribution in [2.75, 3.05) is 5.32 Å². The maximum Gasteiger partial charge on any atom is 0.273 e. The van der Waals surface area contributed by atoms with Crippen LogP contribution in [0.4, 0.5) is 5.69 Å². The summed E-state index contributed by atoms with van der Waals surface area (Å²) in [4.78, 5) is 12.4. The lowest BCUT2D eigenvalue weighted by Crippen LogP contribution is -2.16. The molecule has 7 nitrogen and oxygen atoms in total. The van der Waals surface area contributed by atoms with Crippen LogP contribution in [0.2, 0.25) is 0 Å². The van der Waals surface area contributed by atoms with Crippen LogP contribution in [-0.4, -0.2) is 30.5 Å². The molecule has 3 aromatic rings. The van der Waals surface area contributed by atoms with E-state index in [2.05, 4.69) is 20.6 Å². The van der Waals surface area contributed by atoms with Gasteiger partial charge >= 0.3 is 0 Å². The van der Waals surface area contributed by atoms with Crippen LogP contribution in [-0.2, 0) is 14.1 Å². The Kier molecular flexibility index (Phi) is 3.69. The Balaban J connectivity index is 1.87. The lowest BCUT2D eigenvalue weighted by molar-refractivity contribution is 0.101. The Bertz CT molecular complexity index is 877. The molecular formula is C16H18N6O. The molecule has 23 heavy (non-hydrogen) atoms. The third-order valence-corrected chi connectivity index (χ3v) is 3.71. The molecule has 3 rings (SSSR count). The van der Waals surface area contributed by atoms with Crippen LogP contribution in [0.5, 0.6) is 0 Å². The minimum absolute atomic E-state index is 0.195. The molecule has 0 aliphatic rings. The largest absolute Gasteiger partial charge is 0.321 e. The number of nitrogens with zero attached hydrogens (tertiary/aromatic N) is 5. The van der Waals surface area contributed by atoms with Crippen molar-refractivity contribution in [3.63, 3.8) is 0 Å². The summed E-state index contributed by atoms with van der Waals surface area (Å²) in [6.07, 6.45) is 0. The summed E-state index contributed by atoms with van der Waals surface area (Å²) in [6.45, 7) is 3.75. The first-order chi connectivity index (χ1) is 11.0. The topological polar surface area (TPSA) is 77.6 Å². The molecule has 0 atom stereocenters. The van der Waals surface area contributed by atoms with E-state index in [-0.39, 0.29) is 5.91 Å². The monoisotopic (exact) mass is 310 g/mol. The number of rotatable bonds is 3. The first-order valence-electron chi connectivity index (χ1n) is 7.24. The molecule has 1 aromatic carbocycles. The van der Waals surface area contributed by atoms with E-state index < -0.39 is 0 Å². The Morgan fingerprint density at radius 3 is 2.52 bits per heavy atom. The van der Waals surface area contributed by atoms with Gasteiger partial charge in [0, 0.05) is 25.3 Å². The van der Waals surface area contributed by atoms with Crippen LogP contribution in [0.15, 0.2) is 30.3 Å². The molecule has 0 aliphatic heterocycles. The summed E-state index contributed by atoms with van der Waals surface area (Å²) in [5, 5.41) is 15.3. The third-order valence-electron chi connectivity index (χ3n) is 3.71. The van der Waals surface area contributed by atoms with E-state index in [1.54, 1.807) is 17.8 Å². The molecule has 0 unspecified atom stereocenters. The summed E-state index contributed by atoms with van der Waals surface area (Å²) in [7, 11) is 3.66. The van der Waals surface area contributed by atoms with Gasteiger partial charge in [0.05, 0.1) is 5.69 Å². The van der Waals surface area contributed by atoms with Gasteiger partial charge in [-0.05, 0) is 32.0 Å². The Labute approximate surface area is 134 Å². The standard InChI is InChI=1S/C16H18N6O/c1-10-8-14(22(4)20-10)16(23)17-13-7-5-6-12(9-13)15-19-18-11(2)21(15)3/h5-9H,1-4H3,(H,17,23). The van der Waals surface area contributed by atoms with Crippen molar-refractivity contribution in [1.82, 2.24) is 24.5 Å². The Morgan fingerprint density at radius 2 is 1.91 bits per heavy atom. The highest BCUT2D eigenvalue weighted by Crippen LogP contribution is 2.21. The molecule has 0 bridgehead atoms. The van der Waals surface area contributed by atoms with Crippen molar-refractivity contribution in [1.29, 1.82) is 0 Å². The number of amides is 1. The summed E-state index contributed by atoms with van der Waals surface area (Å²) in [6, 6.07) is 9.29. The number of carbonyl (C=O) groups excluding carboxylic acids is 1. The highest BCUT2D eigenvalue weighted by molar-refractivity contribution is 6.03. The number of benzene rings is 1. The van der Waals surface area contributed by atoms with Crippen LogP contribution in [0, 0.1) is 13.8 Å². The van der Waals surface area contributed by atoms with E-state index in [0.29, 0.717) is 11.4 Å². The number of anilines is 1. The zero-order valence-corrected chi connectivity index (χ0v) is 13.5. The summed E-state index contributed by atoms with van der Waals surface area (Å²) < 4.78 is 3.48. The highest BCUT2D eigenvalue weighted by Gasteiger charge is 2.13. The van der Waals surface area contributed by atoms with E-state index in [0.717, 1.165) is 22.9 Å². The van der Waals surface area contributed by atoms with Gasteiger partial charge in [0.2, 0.25) is 0 Å². The zero-order valence-electron chi connectivity index (χ0n) is 13.5. The first kappa shape index (κ1) is 15.0. The molecule has 2 aromatic heterocycles. The quantitative estimate of drug-likeness (QED) is 0.803. The molecule has 2 heterocycles. The first-order valence-corrected chi connectivity index (χ1v) is 7.24. The van der Waals surface area contributed by atoms with Gasteiger partial charge in [-0.25, -0.2) is 0 Å². The summed E-state index contributed by atoms with van der Waals surface area (Å²) in [5.41, 5.74) is 2.92. The number of carbonyl (C=O) groups is 1. The fourth-order valence-corrected chi connectivity index (χ4v) is 2.41. The Morgan fingerprint density at radius 1 is 1.13 bits per heavy atom. The second-order valence-electron chi connectivity index (χ2n) is 5.46. The highest BCUT2D eigenvalue weighted by atomic mass is 16.2. The molecule has 118 valence electrons. The lowest BCUT2D eigenvalue weighted by Gasteiger charge is -2.07. The van der Waals surface area contributed by atoms with Crippen molar-refractivity contribution in [3.05, 3.63) is 47.5 Å². The molecule has 0 radical (unpaired) electrons. The lowest BCUT2D eigenvalue weighted by atomic mass is 10.2. The molecule has 0 saturated heterocycles. The summed E-state index contributed by atoms with van der Waals surface area (Å²) >= 11 is 0. The minimum Gasteiger partial charge on any atom is -0.321 e. The van der Waals surface area contributed by atoms with Crippen molar-refractivity contribution >= 4 is 11.6 Å². The van der Waals surface area contributed by atoms with Gasteiger partial charge in [0.1, 0.15) is 11.5 Å². The van der Waals surface area contributed by atoms with E-state index in [4.69, 9.17) is 0 Å². The van der Waals surface area contributed by atoms with Gasteiger partial charge in [-0.3, -0.25) is 9.48 Å². The van der Waals surface area contributed by atoms with Crippen LogP contribution in [0.3, 0.4) is 0 Å². The molecule has 1 amide bonds. The number of hydrogen-bond acceptors (Lipinski definition) is 4. The van der Waals surface area contributed by atoms with Crippen molar-refractivity contribution in [2.45, 2.75) is 13.8 Å². The maximum atomic E-state index is 12.4. The molecule has 0 aliphatic carbocycles. The molecule has 7 heteroatoms. The molecular weight excluding hydrogens is 292 g/mol. The van der Waals surface area contributed by atoms with E-state index in [1.165, 1.54) is 0 Å². The second-order valence-corrected chi connectivity index (χ2v) is 5.46. The van der Waals surface area contributed by atoms with Crippen LogP contribution >= 0.6 is 0 Å². The maximum absolute atomic E-state index is 12.4. The second kappa shape index (κ2) is 5.68. The van der Waals surface area contributed by atoms with Gasteiger partial charge in [-0.2, -0.15) is 5.10 Å². The SMILES string of the molecule is Cc1cc(C(=O)Nc2cccc(-c3nnc(C)n3C)c2)n(C)n1. The predicted octanol–water partition coefficient (Wildman–Crippen LogP) is 2.08. The average Bonchev–Trinajstić information content (AvgIpc) is 3.02. The van der Waals surface area contributed by atoms with Gasteiger partial charge in [0.25, 0.3) is 5.91 Å². The fraction of sp³-hybridized carbons (Fsp3) is 0.250. The van der Waals surface area contributed by atoms with Gasteiger partial charge in [-0.1, -0.05) is 12.1 Å². The average molecular weight is 310 g/mol. The van der Waals surface area contributed by atoms with Crippen LogP contribution < -0.4 is 5.32 Å². The number of nitrogens with one attached hydrogen (secondary N) is 1. The van der Waals surface area contributed by atoms with Gasteiger partial charge in [-0.15, -0.1) is 10.2 Å². The van der Waals surface area contributed by atoms with E-state index in [1.807, 2.05) is 49.7 Å². The normalized spacial score (nSPS) is 10.8. The minimum atomic E-state index is -0.195. The molecule has 0 spiro atoms. The predicted molar refractivity (Wildman–Crippen MR) is 87.1 cm³/mol. The van der Waals surface area contributed by atoms with Gasteiger partial charge < -0.3 is 9.88 Å². The smallest absolute Gasteiger partial charge is 0.273 e. The third kappa shape index (κ3) is 2.85. The fourth-order valence-electron chi connectivity index (χ4n) is 2.41. The molecule has 0 fully saturated rings. The number of aryl methyl sites for hydroxylation is 3. The van der Waals surface area contributed by atoms with E-state index >= 15 is 0 Å².